The largest absolute Gasteiger partial charge is 0.430 e. The molecule has 0 fully saturated rings. The molecule has 0 aliphatic carbocycles. The number of primary amides is 2. The molecule has 0 heterocycles. The van der Waals surface area contributed by atoms with Crippen molar-refractivity contribution in [1.82, 2.24) is 0 Å². The van der Waals surface area contributed by atoms with Crippen LogP contribution in [-0.2, 0) is 30.3 Å². The van der Waals surface area contributed by atoms with Crippen LogP contribution in [-0.4, -0.2) is 38.4 Å². The Hall–Kier alpha value is -2.13. The van der Waals surface area contributed by atoms with E-state index in [2.05, 4.69) is 0 Å². The Balaban J connectivity index is 3.27. The summed E-state index contributed by atoms with van der Waals surface area (Å²) in [6.45, 7) is 1.26. The van der Waals surface area contributed by atoms with Gasteiger partial charge in [-0.2, -0.15) is 8.42 Å². The van der Waals surface area contributed by atoms with Gasteiger partial charge in [0.25, 0.3) is 16.0 Å². The zero-order valence-electron chi connectivity index (χ0n) is 12.2. The van der Waals surface area contributed by atoms with E-state index < -0.39 is 33.8 Å². The fourth-order valence-electron chi connectivity index (χ4n) is 2.02. The molecule has 22 heavy (non-hydrogen) atoms. The molecule has 2 amide bonds. The van der Waals surface area contributed by atoms with Crippen LogP contribution in [0.25, 0.3) is 0 Å². The van der Waals surface area contributed by atoms with Gasteiger partial charge in [-0.05, 0) is 12.5 Å². The molecule has 8 nitrogen and oxygen atoms in total. The smallest absolute Gasteiger partial charge is 0.405 e. The minimum atomic E-state index is -3.91. The molecule has 1 aromatic carbocycles. The van der Waals surface area contributed by atoms with Gasteiger partial charge in [0.15, 0.2) is 0 Å². The number of benzene rings is 1. The third-order valence-corrected chi connectivity index (χ3v) is 3.62. The Bertz CT molecular complexity index is 646. The van der Waals surface area contributed by atoms with Crippen LogP contribution in [0.2, 0.25) is 0 Å². The number of nitrogens with two attached hydrogens (primary N) is 2. The highest BCUT2D eigenvalue weighted by atomic mass is 32.2. The van der Waals surface area contributed by atoms with Crippen LogP contribution in [0.15, 0.2) is 30.3 Å². The predicted octanol–water partition coefficient (Wildman–Crippen LogP) is -0.0868. The minimum absolute atomic E-state index is 0.178. The van der Waals surface area contributed by atoms with E-state index in [4.69, 9.17) is 20.4 Å². The third kappa shape index (κ3) is 4.71. The highest BCUT2D eigenvalue weighted by Crippen LogP contribution is 2.26. The van der Waals surface area contributed by atoms with Crippen LogP contribution in [0.3, 0.4) is 0 Å². The SMILES string of the molecule is CC(OS(C)(=O)=O)C(Cc1ccccc1)(OC(N)=O)C(N)=O. The van der Waals surface area contributed by atoms with Crippen molar-refractivity contribution in [2.75, 3.05) is 6.26 Å². The summed E-state index contributed by atoms with van der Waals surface area (Å²) in [7, 11) is -3.91. The number of carbonyl (C=O) groups is 2. The van der Waals surface area contributed by atoms with Crippen molar-refractivity contribution < 1.29 is 26.9 Å². The number of ether oxygens (including phenoxy) is 1. The van der Waals surface area contributed by atoms with Crippen molar-refractivity contribution in [3.05, 3.63) is 35.9 Å². The molecule has 2 atom stereocenters. The lowest BCUT2D eigenvalue weighted by atomic mass is 9.88. The summed E-state index contributed by atoms with van der Waals surface area (Å²) < 4.78 is 32.3. The van der Waals surface area contributed by atoms with E-state index in [9.17, 15) is 18.0 Å². The van der Waals surface area contributed by atoms with Gasteiger partial charge < -0.3 is 16.2 Å². The van der Waals surface area contributed by atoms with E-state index in [0.717, 1.165) is 6.26 Å². The number of carbonyl (C=O) groups excluding carboxylic acids is 2. The van der Waals surface area contributed by atoms with Crippen molar-refractivity contribution >= 4 is 22.1 Å². The first-order chi connectivity index (χ1) is 10.1. The van der Waals surface area contributed by atoms with Crippen LogP contribution in [0.1, 0.15) is 12.5 Å². The molecule has 0 aliphatic heterocycles. The highest BCUT2D eigenvalue weighted by Gasteiger charge is 2.48. The van der Waals surface area contributed by atoms with Gasteiger partial charge in [-0.1, -0.05) is 30.3 Å². The Labute approximate surface area is 128 Å². The van der Waals surface area contributed by atoms with Crippen LogP contribution >= 0.6 is 0 Å². The molecular weight excluding hydrogens is 312 g/mol. The average Bonchev–Trinajstić information content (AvgIpc) is 2.36. The molecule has 0 aliphatic rings. The maximum absolute atomic E-state index is 11.9. The van der Waals surface area contributed by atoms with Crippen molar-refractivity contribution in [2.45, 2.75) is 25.0 Å². The lowest BCUT2D eigenvalue weighted by Gasteiger charge is -2.34. The van der Waals surface area contributed by atoms with E-state index in [1.807, 2.05) is 0 Å². The van der Waals surface area contributed by atoms with E-state index >= 15 is 0 Å². The zero-order chi connectivity index (χ0) is 17.0. The summed E-state index contributed by atoms with van der Waals surface area (Å²) in [6, 6.07) is 8.48. The Morgan fingerprint density at radius 3 is 2.18 bits per heavy atom. The van der Waals surface area contributed by atoms with Crippen molar-refractivity contribution in [2.24, 2.45) is 11.5 Å². The Morgan fingerprint density at radius 2 is 1.77 bits per heavy atom. The molecule has 1 rings (SSSR count). The van der Waals surface area contributed by atoms with E-state index in [-0.39, 0.29) is 6.42 Å². The van der Waals surface area contributed by atoms with Gasteiger partial charge in [-0.3, -0.25) is 8.98 Å². The first-order valence-electron chi connectivity index (χ1n) is 6.27. The Kier molecular flexibility index (Phi) is 5.50. The number of hydrogen-bond acceptors (Lipinski definition) is 6. The number of rotatable bonds is 7. The topological polar surface area (TPSA) is 139 Å². The number of hydrogen-bond donors (Lipinski definition) is 2. The van der Waals surface area contributed by atoms with Crippen molar-refractivity contribution in [3.8, 4) is 0 Å². The van der Waals surface area contributed by atoms with Crippen LogP contribution < -0.4 is 11.5 Å². The molecule has 0 aromatic heterocycles. The third-order valence-electron chi connectivity index (χ3n) is 2.99. The second-order valence-electron chi connectivity index (χ2n) is 4.78. The van der Waals surface area contributed by atoms with Gasteiger partial charge in [0.05, 0.1) is 6.26 Å². The van der Waals surface area contributed by atoms with Gasteiger partial charge in [0, 0.05) is 6.42 Å². The predicted molar refractivity (Wildman–Crippen MR) is 78.1 cm³/mol. The minimum Gasteiger partial charge on any atom is -0.430 e. The molecule has 9 heteroatoms. The molecule has 0 radical (unpaired) electrons. The van der Waals surface area contributed by atoms with Gasteiger partial charge >= 0.3 is 6.09 Å². The van der Waals surface area contributed by atoms with Crippen LogP contribution in [0, 0.1) is 0 Å². The molecule has 0 saturated heterocycles. The second kappa shape index (κ2) is 6.75. The van der Waals surface area contributed by atoms with E-state index in [0.29, 0.717) is 5.56 Å². The second-order valence-corrected chi connectivity index (χ2v) is 6.38. The zero-order valence-corrected chi connectivity index (χ0v) is 13.0. The normalized spacial score (nSPS) is 15.5. The summed E-state index contributed by atoms with van der Waals surface area (Å²) in [5.41, 5.74) is 8.88. The lowest BCUT2D eigenvalue weighted by molar-refractivity contribution is -0.145. The van der Waals surface area contributed by atoms with Gasteiger partial charge in [0.1, 0.15) is 6.10 Å². The van der Waals surface area contributed by atoms with E-state index in [1.165, 1.54) is 6.92 Å². The maximum Gasteiger partial charge on any atom is 0.405 e. The fourth-order valence-corrected chi connectivity index (χ4v) is 2.70. The van der Waals surface area contributed by atoms with Gasteiger partial charge in [-0.15, -0.1) is 0 Å². The lowest BCUT2D eigenvalue weighted by Crippen LogP contribution is -2.58. The molecule has 122 valence electrons. The van der Waals surface area contributed by atoms with Gasteiger partial charge in [0.2, 0.25) is 5.60 Å². The molecule has 1 aromatic rings. The highest BCUT2D eigenvalue weighted by molar-refractivity contribution is 7.86. The summed E-state index contributed by atoms with van der Waals surface area (Å²) in [5, 5.41) is 0. The van der Waals surface area contributed by atoms with Gasteiger partial charge in [-0.25, -0.2) is 4.79 Å². The summed E-state index contributed by atoms with van der Waals surface area (Å²) >= 11 is 0. The van der Waals surface area contributed by atoms with E-state index in [1.54, 1.807) is 30.3 Å². The average molecular weight is 330 g/mol. The number of amides is 2. The molecule has 2 unspecified atom stereocenters. The summed E-state index contributed by atoms with van der Waals surface area (Å²) in [5.74, 6) is -1.06. The quantitative estimate of drug-likeness (QED) is 0.670. The van der Waals surface area contributed by atoms with Crippen LogP contribution in [0.5, 0.6) is 0 Å². The maximum atomic E-state index is 11.9. The molecule has 0 spiro atoms. The van der Waals surface area contributed by atoms with Crippen molar-refractivity contribution in [3.63, 3.8) is 0 Å². The fraction of sp³-hybridized carbons (Fsp3) is 0.385. The summed E-state index contributed by atoms with van der Waals surface area (Å²) in [4.78, 5) is 23.1. The van der Waals surface area contributed by atoms with Crippen molar-refractivity contribution in [1.29, 1.82) is 0 Å². The molecule has 4 N–H and O–H groups in total. The first-order valence-corrected chi connectivity index (χ1v) is 8.09. The Morgan fingerprint density at radius 1 is 1.23 bits per heavy atom. The first kappa shape index (κ1) is 17.9. The van der Waals surface area contributed by atoms with Crippen LogP contribution in [0.4, 0.5) is 4.79 Å². The summed E-state index contributed by atoms with van der Waals surface area (Å²) in [6.07, 6.45) is -1.99. The molecule has 0 saturated carbocycles. The monoisotopic (exact) mass is 330 g/mol. The molecule has 0 bridgehead atoms. The standard InChI is InChI=1S/C13H18N2O6S/c1-9(21-22(2,18)19)13(11(14)16,20-12(15)17)8-10-6-4-3-5-7-10/h3-7,9H,8H2,1-2H3,(H2,14,16)(H2,15,17). The molecular formula is C13H18N2O6S.